The monoisotopic (exact) mass is 277 g/mol. The minimum Gasteiger partial charge on any atom is -0.328 e. The predicted molar refractivity (Wildman–Crippen MR) is 79.4 cm³/mol. The fraction of sp³-hybridized carbons (Fsp3) is 0.867. The van der Waals surface area contributed by atoms with Gasteiger partial charge >= 0.3 is 0 Å². The highest BCUT2D eigenvalue weighted by Crippen LogP contribution is 2.22. The van der Waals surface area contributed by atoms with Gasteiger partial charge in [0.05, 0.1) is 6.04 Å². The molecule has 1 aliphatic carbocycles. The number of nitrogens with two attached hydrogens (primary N) is 1. The van der Waals surface area contributed by atoms with Gasteiger partial charge in [0.15, 0.2) is 0 Å². The van der Waals surface area contributed by atoms with Gasteiger partial charge in [-0.25, -0.2) is 0 Å². The maximum absolute atomic E-state index is 6.08. The third-order valence-electron chi connectivity index (χ3n) is 4.73. The van der Waals surface area contributed by atoms with E-state index < -0.39 is 0 Å². The topological polar surface area (TPSA) is 68.8 Å². The van der Waals surface area contributed by atoms with Gasteiger partial charge in [0.25, 0.3) is 0 Å². The molecule has 0 radical (unpaired) electrons. The molecule has 1 aromatic rings. The summed E-state index contributed by atoms with van der Waals surface area (Å²) in [5, 5.41) is 12.6. The van der Waals surface area contributed by atoms with Crippen LogP contribution < -0.4 is 11.1 Å². The van der Waals surface area contributed by atoms with Crippen LogP contribution in [0.4, 0.5) is 0 Å². The summed E-state index contributed by atoms with van der Waals surface area (Å²) in [4.78, 5) is 0. The Hall–Kier alpha value is -0.940. The van der Waals surface area contributed by atoms with E-state index in [1.54, 1.807) is 0 Å². The second kappa shape index (κ2) is 6.22. The van der Waals surface area contributed by atoms with Crippen molar-refractivity contribution >= 4 is 0 Å². The Labute approximate surface area is 121 Å². The largest absolute Gasteiger partial charge is 0.328 e. The summed E-state index contributed by atoms with van der Waals surface area (Å²) >= 11 is 0. The minimum absolute atomic E-state index is 0.268. The van der Waals surface area contributed by atoms with E-state index in [0.29, 0.717) is 12.1 Å². The van der Waals surface area contributed by atoms with Crippen LogP contribution in [0.1, 0.15) is 69.6 Å². The van der Waals surface area contributed by atoms with Crippen LogP contribution in [0.25, 0.3) is 0 Å². The molecular weight excluding hydrogens is 250 g/mol. The maximum Gasteiger partial charge on any atom is 0.149 e. The van der Waals surface area contributed by atoms with Crippen molar-refractivity contribution < 1.29 is 0 Å². The van der Waals surface area contributed by atoms with Crippen LogP contribution >= 0.6 is 0 Å². The van der Waals surface area contributed by atoms with E-state index in [0.717, 1.165) is 25.2 Å². The highest BCUT2D eigenvalue weighted by molar-refractivity contribution is 5.02. The first-order valence-corrected chi connectivity index (χ1v) is 8.17. The second-order valence-electron chi connectivity index (χ2n) is 6.45. The van der Waals surface area contributed by atoms with Crippen molar-refractivity contribution in [3.63, 3.8) is 0 Å². The molecule has 0 amide bonds. The number of aryl methyl sites for hydroxylation is 1. The van der Waals surface area contributed by atoms with E-state index in [1.165, 1.54) is 44.3 Å². The Morgan fingerprint density at radius 1 is 1.20 bits per heavy atom. The van der Waals surface area contributed by atoms with E-state index in [2.05, 4.69) is 27.0 Å². The average molecular weight is 277 g/mol. The molecule has 5 heteroatoms. The molecule has 3 unspecified atom stereocenters. The fourth-order valence-corrected chi connectivity index (χ4v) is 3.63. The van der Waals surface area contributed by atoms with Crippen molar-refractivity contribution in [3.8, 4) is 0 Å². The van der Waals surface area contributed by atoms with Gasteiger partial charge in [0, 0.05) is 25.0 Å². The molecule has 1 saturated carbocycles. The van der Waals surface area contributed by atoms with E-state index in [9.17, 15) is 0 Å². The summed E-state index contributed by atoms with van der Waals surface area (Å²) in [6.45, 7) is 3.29. The molecule has 0 spiro atoms. The third kappa shape index (κ3) is 3.04. The van der Waals surface area contributed by atoms with E-state index >= 15 is 0 Å². The molecule has 3 rings (SSSR count). The summed E-state index contributed by atoms with van der Waals surface area (Å²) in [5.41, 5.74) is 6.08. The first kappa shape index (κ1) is 14.0. The summed E-state index contributed by atoms with van der Waals surface area (Å²) in [5.74, 6) is 2.28. The Morgan fingerprint density at radius 3 is 2.95 bits per heavy atom. The zero-order valence-corrected chi connectivity index (χ0v) is 12.5. The smallest absolute Gasteiger partial charge is 0.149 e. The van der Waals surface area contributed by atoms with Gasteiger partial charge in [0.1, 0.15) is 11.6 Å². The number of aromatic nitrogens is 3. The fourth-order valence-electron chi connectivity index (χ4n) is 3.63. The van der Waals surface area contributed by atoms with Crippen LogP contribution in [0.3, 0.4) is 0 Å². The van der Waals surface area contributed by atoms with Crippen molar-refractivity contribution in [1.82, 2.24) is 20.1 Å². The van der Waals surface area contributed by atoms with Gasteiger partial charge in [-0.3, -0.25) is 0 Å². The summed E-state index contributed by atoms with van der Waals surface area (Å²) < 4.78 is 2.34. The number of nitrogens with zero attached hydrogens (tertiary/aromatic N) is 3. The molecule has 1 aliphatic heterocycles. The predicted octanol–water partition coefficient (Wildman–Crippen LogP) is 1.92. The average Bonchev–Trinajstić information content (AvgIpc) is 2.68. The molecule has 3 atom stereocenters. The van der Waals surface area contributed by atoms with Gasteiger partial charge in [-0.05, 0) is 39.0 Å². The molecule has 1 fully saturated rings. The first-order chi connectivity index (χ1) is 9.74. The number of fused-ring (bicyclic) bond motifs is 1. The lowest BCUT2D eigenvalue weighted by molar-refractivity contribution is 0.311. The molecule has 3 N–H and O–H groups in total. The van der Waals surface area contributed by atoms with Crippen LogP contribution in [-0.2, 0) is 13.0 Å². The van der Waals surface area contributed by atoms with Gasteiger partial charge in [0.2, 0.25) is 0 Å². The van der Waals surface area contributed by atoms with Crippen molar-refractivity contribution in [2.75, 3.05) is 0 Å². The lowest BCUT2D eigenvalue weighted by Gasteiger charge is -2.30. The normalized spacial score (nSPS) is 28.7. The Morgan fingerprint density at radius 2 is 2.10 bits per heavy atom. The van der Waals surface area contributed by atoms with E-state index in [-0.39, 0.29) is 6.04 Å². The molecule has 5 nitrogen and oxygen atoms in total. The lowest BCUT2D eigenvalue weighted by atomic mass is 9.91. The maximum atomic E-state index is 6.08. The Balaban J connectivity index is 1.67. The zero-order chi connectivity index (χ0) is 13.9. The van der Waals surface area contributed by atoms with Crippen LogP contribution in [-0.4, -0.2) is 26.8 Å². The summed E-state index contributed by atoms with van der Waals surface area (Å²) in [7, 11) is 0. The molecular formula is C15H27N5. The highest BCUT2D eigenvalue weighted by atomic mass is 15.3. The van der Waals surface area contributed by atoms with Crippen molar-refractivity contribution in [3.05, 3.63) is 11.6 Å². The number of rotatable bonds is 3. The molecule has 0 saturated heterocycles. The van der Waals surface area contributed by atoms with E-state index in [1.807, 2.05) is 0 Å². The highest BCUT2D eigenvalue weighted by Gasteiger charge is 2.24. The molecule has 1 aromatic heterocycles. The number of hydrogen-bond donors (Lipinski definition) is 2. The van der Waals surface area contributed by atoms with Crippen molar-refractivity contribution in [1.29, 1.82) is 0 Å². The number of nitrogens with one attached hydrogen (secondary N) is 1. The Bertz CT molecular complexity index is 441. The number of hydrogen-bond acceptors (Lipinski definition) is 4. The van der Waals surface area contributed by atoms with Crippen LogP contribution in [0.15, 0.2) is 0 Å². The van der Waals surface area contributed by atoms with Gasteiger partial charge in [-0.1, -0.05) is 12.8 Å². The van der Waals surface area contributed by atoms with Crippen molar-refractivity contribution in [2.24, 2.45) is 5.73 Å². The molecule has 20 heavy (non-hydrogen) atoms. The Kier molecular flexibility index (Phi) is 4.36. The SMILES string of the molecule is CC(NC1CCCC(N)C1)c1nnc2n1CCCCC2. The lowest BCUT2D eigenvalue weighted by Crippen LogP contribution is -2.41. The van der Waals surface area contributed by atoms with Crippen LogP contribution in [0, 0.1) is 0 Å². The summed E-state index contributed by atoms with van der Waals surface area (Å²) in [6.07, 6.45) is 9.62. The minimum atomic E-state index is 0.268. The molecule has 0 bridgehead atoms. The van der Waals surface area contributed by atoms with Crippen molar-refractivity contribution in [2.45, 2.75) is 83.0 Å². The first-order valence-electron chi connectivity index (χ1n) is 8.17. The van der Waals surface area contributed by atoms with Crippen LogP contribution in [0.2, 0.25) is 0 Å². The third-order valence-corrected chi connectivity index (χ3v) is 4.73. The second-order valence-corrected chi connectivity index (χ2v) is 6.45. The quantitative estimate of drug-likeness (QED) is 0.885. The molecule has 112 valence electrons. The molecule has 2 aliphatic rings. The van der Waals surface area contributed by atoms with E-state index in [4.69, 9.17) is 5.73 Å². The van der Waals surface area contributed by atoms with Crippen LogP contribution in [0.5, 0.6) is 0 Å². The molecule has 2 heterocycles. The zero-order valence-electron chi connectivity index (χ0n) is 12.5. The standard InChI is InChI=1S/C15H27N5/c1-11(17-13-7-5-6-12(16)10-13)15-19-18-14-8-3-2-4-9-20(14)15/h11-13,17H,2-10,16H2,1H3. The van der Waals surface area contributed by atoms with Gasteiger partial charge in [-0.2, -0.15) is 0 Å². The van der Waals surface area contributed by atoms with Gasteiger partial charge < -0.3 is 15.6 Å². The summed E-state index contributed by atoms with van der Waals surface area (Å²) in [6, 6.07) is 1.17. The molecule has 0 aromatic carbocycles. The van der Waals surface area contributed by atoms with Gasteiger partial charge in [-0.15, -0.1) is 10.2 Å².